The van der Waals surface area contributed by atoms with E-state index < -0.39 is 5.54 Å². The number of para-hydroxylation sites is 1. The van der Waals surface area contributed by atoms with E-state index in [-0.39, 0.29) is 24.4 Å². The van der Waals surface area contributed by atoms with Gasteiger partial charge in [0.1, 0.15) is 5.54 Å². The number of nitrogens with one attached hydrogen (secondary N) is 1. The minimum atomic E-state index is -0.715. The molecule has 6 heteroatoms. The molecule has 1 aromatic carbocycles. The van der Waals surface area contributed by atoms with Crippen LogP contribution in [0.2, 0.25) is 0 Å². The summed E-state index contributed by atoms with van der Waals surface area (Å²) in [7, 11) is 1.80. The Kier molecular flexibility index (Phi) is 5.05. The predicted molar refractivity (Wildman–Crippen MR) is 94.8 cm³/mol. The number of nitriles is 1. The minimum Gasteiger partial charge on any atom is -0.337 e. The summed E-state index contributed by atoms with van der Waals surface area (Å²) < 4.78 is 0. The molecule has 2 fully saturated rings. The second kappa shape index (κ2) is 7.24. The third-order valence-electron chi connectivity index (χ3n) is 5.22. The lowest BCUT2D eigenvalue weighted by molar-refractivity contribution is -0.126. The van der Waals surface area contributed by atoms with Crippen LogP contribution in [-0.2, 0) is 9.59 Å². The van der Waals surface area contributed by atoms with Crippen LogP contribution in [-0.4, -0.2) is 48.4 Å². The van der Waals surface area contributed by atoms with Crippen molar-refractivity contribution >= 4 is 17.5 Å². The van der Waals surface area contributed by atoms with E-state index >= 15 is 0 Å². The monoisotopic (exact) mass is 340 g/mol. The summed E-state index contributed by atoms with van der Waals surface area (Å²) in [5, 5.41) is 12.3. The zero-order valence-electron chi connectivity index (χ0n) is 14.6. The highest BCUT2D eigenvalue weighted by atomic mass is 16.2. The molecule has 1 aromatic rings. The van der Waals surface area contributed by atoms with Gasteiger partial charge in [-0.1, -0.05) is 18.2 Å². The van der Waals surface area contributed by atoms with Crippen molar-refractivity contribution in [1.29, 1.82) is 5.26 Å². The van der Waals surface area contributed by atoms with Crippen molar-refractivity contribution in [2.75, 3.05) is 25.0 Å². The van der Waals surface area contributed by atoms with Crippen molar-refractivity contribution in [3.63, 3.8) is 0 Å². The van der Waals surface area contributed by atoms with Crippen LogP contribution in [0.4, 0.5) is 5.69 Å². The van der Waals surface area contributed by atoms with Crippen LogP contribution in [0.15, 0.2) is 30.3 Å². The van der Waals surface area contributed by atoms with E-state index in [0.29, 0.717) is 25.8 Å². The lowest BCUT2D eigenvalue weighted by atomic mass is 10.00. The van der Waals surface area contributed by atoms with Gasteiger partial charge in [-0.25, -0.2) is 0 Å². The predicted octanol–water partition coefficient (Wildman–Crippen LogP) is 1.68. The van der Waals surface area contributed by atoms with Crippen molar-refractivity contribution in [3.05, 3.63) is 30.3 Å². The van der Waals surface area contributed by atoms with Gasteiger partial charge in [0.05, 0.1) is 18.7 Å². The van der Waals surface area contributed by atoms with Gasteiger partial charge in [-0.15, -0.1) is 0 Å². The Morgan fingerprint density at radius 1 is 1.36 bits per heavy atom. The first kappa shape index (κ1) is 17.4. The number of likely N-dealkylation sites (N-methyl/N-ethyl adjacent to an activating group) is 1. The highest BCUT2D eigenvalue weighted by Crippen LogP contribution is 2.29. The Morgan fingerprint density at radius 3 is 2.68 bits per heavy atom. The average molecular weight is 340 g/mol. The number of hydrogen-bond donors (Lipinski definition) is 1. The molecule has 0 spiro atoms. The maximum atomic E-state index is 12.7. The van der Waals surface area contributed by atoms with E-state index in [0.717, 1.165) is 18.5 Å². The summed E-state index contributed by atoms with van der Waals surface area (Å²) in [6.07, 6.45) is 4.06. The number of hydrogen-bond acceptors (Lipinski definition) is 4. The molecule has 2 aliphatic rings. The average Bonchev–Trinajstić information content (AvgIpc) is 3.22. The first-order valence-electron chi connectivity index (χ1n) is 8.84. The molecular formula is C19H24N4O2. The molecule has 0 aromatic heterocycles. The molecule has 132 valence electrons. The summed E-state index contributed by atoms with van der Waals surface area (Å²) >= 11 is 0. The summed E-state index contributed by atoms with van der Waals surface area (Å²) in [6, 6.07) is 11.6. The standard InChI is InChI=1S/C19H24N4O2/c1-22(13-17(24)21-19(14-20)10-5-6-11-19)16-9-12-23(18(16)25)15-7-3-2-4-8-15/h2-4,7-8,16H,5-6,9-13H2,1H3,(H,21,24)/t16-/m0/s1. The largest absolute Gasteiger partial charge is 0.337 e. The molecule has 1 saturated carbocycles. The zero-order chi connectivity index (χ0) is 17.9. The zero-order valence-corrected chi connectivity index (χ0v) is 14.6. The number of benzene rings is 1. The molecule has 3 rings (SSSR count). The molecule has 1 aliphatic heterocycles. The molecule has 1 saturated heterocycles. The van der Waals surface area contributed by atoms with E-state index in [1.54, 1.807) is 16.8 Å². The van der Waals surface area contributed by atoms with Crippen LogP contribution in [0.5, 0.6) is 0 Å². The first-order valence-corrected chi connectivity index (χ1v) is 8.84. The summed E-state index contributed by atoms with van der Waals surface area (Å²) in [4.78, 5) is 28.6. The van der Waals surface area contributed by atoms with Crippen LogP contribution in [0, 0.1) is 11.3 Å². The van der Waals surface area contributed by atoms with Gasteiger partial charge in [-0.3, -0.25) is 14.5 Å². The van der Waals surface area contributed by atoms with Gasteiger partial charge >= 0.3 is 0 Å². The fourth-order valence-electron chi connectivity index (χ4n) is 3.82. The molecule has 2 amide bonds. The highest BCUT2D eigenvalue weighted by Gasteiger charge is 2.38. The van der Waals surface area contributed by atoms with Crippen LogP contribution in [0.1, 0.15) is 32.1 Å². The normalized spacial score (nSPS) is 22.2. The maximum absolute atomic E-state index is 12.7. The number of carbonyl (C=O) groups is 2. The Labute approximate surface area is 148 Å². The molecule has 1 N–H and O–H groups in total. The number of anilines is 1. The van der Waals surface area contributed by atoms with Gasteiger partial charge in [0.25, 0.3) is 0 Å². The molecule has 0 bridgehead atoms. The molecule has 25 heavy (non-hydrogen) atoms. The minimum absolute atomic E-state index is 0.0253. The molecule has 1 aliphatic carbocycles. The fourth-order valence-corrected chi connectivity index (χ4v) is 3.82. The lowest BCUT2D eigenvalue weighted by Crippen LogP contribution is -2.50. The first-order chi connectivity index (χ1) is 12.0. The summed E-state index contributed by atoms with van der Waals surface area (Å²) in [6.45, 7) is 0.782. The van der Waals surface area contributed by atoms with Gasteiger partial charge in [-0.2, -0.15) is 5.26 Å². The molecule has 1 atom stereocenters. The van der Waals surface area contributed by atoms with E-state index in [1.807, 2.05) is 30.3 Å². The van der Waals surface area contributed by atoms with E-state index in [4.69, 9.17) is 0 Å². The molecule has 6 nitrogen and oxygen atoms in total. The smallest absolute Gasteiger partial charge is 0.244 e. The Hall–Kier alpha value is -2.39. The van der Waals surface area contributed by atoms with Crippen LogP contribution in [0.3, 0.4) is 0 Å². The number of carbonyl (C=O) groups excluding carboxylic acids is 2. The highest BCUT2D eigenvalue weighted by molar-refractivity contribution is 5.99. The SMILES string of the molecule is CN(CC(=O)NC1(C#N)CCCC1)[C@H]1CCN(c2ccccc2)C1=O. The number of amides is 2. The van der Waals surface area contributed by atoms with Crippen LogP contribution in [0.25, 0.3) is 0 Å². The topological polar surface area (TPSA) is 76.4 Å². The third-order valence-corrected chi connectivity index (χ3v) is 5.22. The Balaban J connectivity index is 1.58. The van der Waals surface area contributed by atoms with Gasteiger partial charge in [0.15, 0.2) is 0 Å². The maximum Gasteiger partial charge on any atom is 0.244 e. The van der Waals surface area contributed by atoms with Crippen LogP contribution >= 0.6 is 0 Å². The number of nitrogens with zero attached hydrogens (tertiary/aromatic N) is 3. The summed E-state index contributed by atoms with van der Waals surface area (Å²) in [5.74, 6) is -0.158. The van der Waals surface area contributed by atoms with E-state index in [1.165, 1.54) is 0 Å². The summed E-state index contributed by atoms with van der Waals surface area (Å²) in [5.41, 5.74) is 0.176. The Morgan fingerprint density at radius 2 is 2.04 bits per heavy atom. The van der Waals surface area contributed by atoms with Gasteiger partial charge in [-0.05, 0) is 51.3 Å². The second-order valence-electron chi connectivity index (χ2n) is 6.99. The van der Waals surface area contributed by atoms with Gasteiger partial charge in [0, 0.05) is 12.2 Å². The molecule has 0 unspecified atom stereocenters. The molecular weight excluding hydrogens is 316 g/mol. The lowest BCUT2D eigenvalue weighted by Gasteiger charge is -2.26. The van der Waals surface area contributed by atoms with Gasteiger partial charge < -0.3 is 10.2 Å². The quantitative estimate of drug-likeness (QED) is 0.885. The van der Waals surface area contributed by atoms with Crippen molar-refractivity contribution in [1.82, 2.24) is 10.2 Å². The van der Waals surface area contributed by atoms with Crippen LogP contribution < -0.4 is 10.2 Å². The van der Waals surface area contributed by atoms with Crippen molar-refractivity contribution in [3.8, 4) is 6.07 Å². The van der Waals surface area contributed by atoms with Crippen molar-refractivity contribution in [2.24, 2.45) is 0 Å². The molecule has 0 radical (unpaired) electrons. The fraction of sp³-hybridized carbons (Fsp3) is 0.526. The number of rotatable bonds is 5. The van der Waals surface area contributed by atoms with Crippen molar-refractivity contribution in [2.45, 2.75) is 43.7 Å². The second-order valence-corrected chi connectivity index (χ2v) is 6.99. The van der Waals surface area contributed by atoms with E-state index in [2.05, 4.69) is 11.4 Å². The molecule has 1 heterocycles. The van der Waals surface area contributed by atoms with Crippen molar-refractivity contribution < 1.29 is 9.59 Å². The van der Waals surface area contributed by atoms with E-state index in [9.17, 15) is 14.9 Å². The van der Waals surface area contributed by atoms with Gasteiger partial charge in [0.2, 0.25) is 11.8 Å². The Bertz CT molecular complexity index is 676. The third kappa shape index (κ3) is 3.67.